The lowest BCUT2D eigenvalue weighted by Crippen LogP contribution is -2.54. The Morgan fingerprint density at radius 1 is 1.00 bits per heavy atom. The van der Waals surface area contributed by atoms with Crippen LogP contribution in [0.15, 0.2) is 64.6 Å². The van der Waals surface area contributed by atoms with Crippen LogP contribution < -0.4 is 10.2 Å². The summed E-state index contributed by atoms with van der Waals surface area (Å²) in [4.78, 5) is 49.1. The quantitative estimate of drug-likeness (QED) is 0.287. The summed E-state index contributed by atoms with van der Waals surface area (Å²) in [5, 5.41) is 13.2. The highest BCUT2D eigenvalue weighted by atomic mass is 16.6. The van der Waals surface area contributed by atoms with Crippen molar-refractivity contribution in [3.63, 3.8) is 0 Å². The van der Waals surface area contributed by atoms with Crippen LogP contribution in [0.4, 0.5) is 16.2 Å². The maximum absolute atomic E-state index is 13.0. The van der Waals surface area contributed by atoms with E-state index < -0.39 is 22.8 Å². The number of hydrogen-bond donors (Lipinski definition) is 1. The summed E-state index contributed by atoms with van der Waals surface area (Å²) in [5.74, 6) is -1.12. The monoisotopic (exact) mass is 431 g/mol. The summed E-state index contributed by atoms with van der Waals surface area (Å²) in [6.45, 7) is 3.76. The molecular formula is C23H17N3O6. The SMILES string of the molecule is Cc1ccc(N2C(=O)NC(=O)/C(=C\c3ccc(-c4cccc([N+](=O)[O-])c4)o3)C2=O)cc1C. The predicted molar refractivity (Wildman–Crippen MR) is 116 cm³/mol. The molecule has 1 aliphatic heterocycles. The molecule has 0 saturated carbocycles. The van der Waals surface area contributed by atoms with Gasteiger partial charge in [0.15, 0.2) is 0 Å². The number of hydrogen-bond acceptors (Lipinski definition) is 6. The number of nitrogens with one attached hydrogen (secondary N) is 1. The first-order valence-electron chi connectivity index (χ1n) is 9.58. The molecule has 2 heterocycles. The van der Waals surface area contributed by atoms with Gasteiger partial charge in [0.2, 0.25) is 0 Å². The fourth-order valence-electron chi connectivity index (χ4n) is 3.26. The van der Waals surface area contributed by atoms with E-state index in [0.717, 1.165) is 16.0 Å². The normalized spacial score (nSPS) is 15.2. The zero-order chi connectivity index (χ0) is 23.0. The van der Waals surface area contributed by atoms with Crippen LogP contribution in [-0.4, -0.2) is 22.8 Å². The van der Waals surface area contributed by atoms with Crippen LogP contribution in [0.5, 0.6) is 0 Å². The lowest BCUT2D eigenvalue weighted by atomic mass is 10.1. The number of furan rings is 1. The van der Waals surface area contributed by atoms with E-state index in [2.05, 4.69) is 5.32 Å². The van der Waals surface area contributed by atoms with Crippen LogP contribution in [0.3, 0.4) is 0 Å². The number of nitro benzene ring substituents is 1. The Bertz CT molecular complexity index is 1320. The second kappa shape index (κ2) is 7.95. The first kappa shape index (κ1) is 20.7. The van der Waals surface area contributed by atoms with Gasteiger partial charge in [0.25, 0.3) is 17.5 Å². The predicted octanol–water partition coefficient (Wildman–Crippen LogP) is 4.14. The van der Waals surface area contributed by atoms with E-state index in [1.165, 1.54) is 30.3 Å². The molecule has 4 amide bonds. The van der Waals surface area contributed by atoms with Crippen LogP contribution in [0.25, 0.3) is 17.4 Å². The van der Waals surface area contributed by atoms with Crippen molar-refractivity contribution in [2.75, 3.05) is 4.90 Å². The standard InChI is InChI=1S/C23H17N3O6/c1-13-6-7-16(10-14(13)2)25-22(28)19(21(27)24-23(25)29)12-18-8-9-20(32-18)15-4-3-5-17(11-15)26(30)31/h3-12H,1-2H3,(H,24,27,29)/b19-12+. The van der Waals surface area contributed by atoms with E-state index in [-0.39, 0.29) is 17.0 Å². The molecule has 1 saturated heterocycles. The van der Waals surface area contributed by atoms with Crippen molar-refractivity contribution in [1.29, 1.82) is 0 Å². The van der Waals surface area contributed by atoms with Crippen molar-refractivity contribution in [2.45, 2.75) is 13.8 Å². The minimum Gasteiger partial charge on any atom is -0.457 e. The minimum absolute atomic E-state index is 0.0943. The molecule has 32 heavy (non-hydrogen) atoms. The van der Waals surface area contributed by atoms with Crippen molar-refractivity contribution < 1.29 is 23.7 Å². The van der Waals surface area contributed by atoms with E-state index in [4.69, 9.17) is 4.42 Å². The Morgan fingerprint density at radius 3 is 2.50 bits per heavy atom. The topological polar surface area (TPSA) is 123 Å². The molecule has 1 aliphatic rings. The van der Waals surface area contributed by atoms with Gasteiger partial charge in [0.1, 0.15) is 17.1 Å². The third kappa shape index (κ3) is 3.79. The van der Waals surface area contributed by atoms with Crippen LogP contribution in [0.2, 0.25) is 0 Å². The molecular weight excluding hydrogens is 414 g/mol. The number of carbonyl (C=O) groups excluding carboxylic acids is 3. The Morgan fingerprint density at radius 2 is 1.78 bits per heavy atom. The number of rotatable bonds is 4. The third-order valence-electron chi connectivity index (χ3n) is 5.11. The van der Waals surface area contributed by atoms with Gasteiger partial charge >= 0.3 is 6.03 Å². The number of nitro groups is 1. The molecule has 9 nitrogen and oxygen atoms in total. The van der Waals surface area contributed by atoms with Crippen LogP contribution >= 0.6 is 0 Å². The summed E-state index contributed by atoms with van der Waals surface area (Å²) in [7, 11) is 0. The lowest BCUT2D eigenvalue weighted by Gasteiger charge is -2.26. The smallest absolute Gasteiger partial charge is 0.335 e. The number of urea groups is 1. The van der Waals surface area contributed by atoms with Gasteiger partial charge < -0.3 is 4.42 Å². The van der Waals surface area contributed by atoms with E-state index >= 15 is 0 Å². The summed E-state index contributed by atoms with van der Waals surface area (Å²) in [6, 6.07) is 13.2. The number of amides is 4. The highest BCUT2D eigenvalue weighted by Crippen LogP contribution is 2.28. The maximum atomic E-state index is 13.0. The summed E-state index contributed by atoms with van der Waals surface area (Å²) < 4.78 is 5.67. The zero-order valence-electron chi connectivity index (χ0n) is 17.1. The summed E-state index contributed by atoms with van der Waals surface area (Å²) in [5.41, 5.74) is 2.32. The Hall–Kier alpha value is -4.53. The largest absolute Gasteiger partial charge is 0.457 e. The number of imide groups is 2. The number of nitrogens with zero attached hydrogens (tertiary/aromatic N) is 2. The maximum Gasteiger partial charge on any atom is 0.335 e. The fraction of sp³-hybridized carbons (Fsp3) is 0.0870. The average Bonchev–Trinajstić information content (AvgIpc) is 3.22. The molecule has 0 bridgehead atoms. The van der Waals surface area contributed by atoms with Crippen molar-refractivity contribution in [1.82, 2.24) is 5.32 Å². The molecule has 1 aromatic heterocycles. The highest BCUT2D eigenvalue weighted by Gasteiger charge is 2.37. The number of carbonyl (C=O) groups is 3. The van der Waals surface area contributed by atoms with Gasteiger partial charge in [-0.25, -0.2) is 9.69 Å². The van der Waals surface area contributed by atoms with Crippen LogP contribution in [-0.2, 0) is 9.59 Å². The molecule has 0 atom stereocenters. The first-order chi connectivity index (χ1) is 15.2. The van der Waals surface area contributed by atoms with Gasteiger partial charge in [-0.05, 0) is 55.3 Å². The molecule has 4 rings (SSSR count). The summed E-state index contributed by atoms with van der Waals surface area (Å²) >= 11 is 0. The van der Waals surface area contributed by atoms with Crippen molar-refractivity contribution in [3.8, 4) is 11.3 Å². The van der Waals surface area contributed by atoms with Gasteiger partial charge in [-0.15, -0.1) is 0 Å². The molecule has 160 valence electrons. The number of non-ortho nitro benzene ring substituents is 1. The number of barbiturate groups is 1. The molecule has 1 N–H and O–H groups in total. The molecule has 9 heteroatoms. The number of benzene rings is 2. The van der Waals surface area contributed by atoms with Gasteiger partial charge in [0.05, 0.1) is 10.6 Å². The molecule has 0 unspecified atom stereocenters. The van der Waals surface area contributed by atoms with Gasteiger partial charge in [-0.1, -0.05) is 18.2 Å². The summed E-state index contributed by atoms with van der Waals surface area (Å²) in [6.07, 6.45) is 1.24. The number of anilines is 1. The van der Waals surface area contributed by atoms with Gasteiger partial charge in [-0.2, -0.15) is 0 Å². The van der Waals surface area contributed by atoms with E-state index in [9.17, 15) is 24.5 Å². The first-order valence-corrected chi connectivity index (χ1v) is 9.58. The van der Waals surface area contributed by atoms with E-state index in [1.54, 1.807) is 30.3 Å². The highest BCUT2D eigenvalue weighted by molar-refractivity contribution is 6.39. The van der Waals surface area contributed by atoms with Gasteiger partial charge in [0, 0.05) is 17.7 Å². The fourth-order valence-corrected chi connectivity index (χ4v) is 3.26. The van der Waals surface area contributed by atoms with Crippen molar-refractivity contribution in [2.24, 2.45) is 0 Å². The molecule has 3 aromatic rings. The average molecular weight is 431 g/mol. The Labute approximate surface area is 182 Å². The Balaban J connectivity index is 1.67. The van der Waals surface area contributed by atoms with Crippen LogP contribution in [0, 0.1) is 24.0 Å². The lowest BCUT2D eigenvalue weighted by molar-refractivity contribution is -0.384. The Kier molecular flexibility index (Phi) is 5.15. The number of aryl methyl sites for hydroxylation is 2. The van der Waals surface area contributed by atoms with E-state index in [1.807, 2.05) is 13.8 Å². The van der Waals surface area contributed by atoms with Crippen molar-refractivity contribution >= 4 is 35.3 Å². The zero-order valence-corrected chi connectivity index (χ0v) is 17.1. The van der Waals surface area contributed by atoms with Gasteiger partial charge in [-0.3, -0.25) is 25.0 Å². The second-order valence-electron chi connectivity index (χ2n) is 7.24. The molecule has 0 aliphatic carbocycles. The second-order valence-corrected chi connectivity index (χ2v) is 7.24. The molecule has 0 radical (unpaired) electrons. The molecule has 1 fully saturated rings. The van der Waals surface area contributed by atoms with Crippen LogP contribution in [0.1, 0.15) is 16.9 Å². The minimum atomic E-state index is -0.839. The third-order valence-corrected chi connectivity index (χ3v) is 5.11. The van der Waals surface area contributed by atoms with Crippen molar-refractivity contribution in [3.05, 3.63) is 87.2 Å². The molecule has 0 spiro atoms. The van der Waals surface area contributed by atoms with E-state index in [0.29, 0.717) is 17.0 Å². The molecule has 2 aromatic carbocycles.